The van der Waals surface area contributed by atoms with Crippen molar-refractivity contribution in [3.63, 3.8) is 0 Å². The maximum atomic E-state index is 9.85. The smallest absolute Gasteiger partial charge is 0.406 e. The monoisotopic (exact) mass is 252 g/mol. The number of hydrogen-bond acceptors (Lipinski definition) is 4. The summed E-state index contributed by atoms with van der Waals surface area (Å²) in [5, 5.41) is 2.25. The number of methoxy groups -OCH3 is 2. The SMILES string of the molecule is CNC(=O)OC.COC([NH-])=O.[Y]. The molecular weight excluding hydrogens is 241 g/mol. The van der Waals surface area contributed by atoms with Crippen molar-refractivity contribution in [2.45, 2.75) is 0 Å². The third kappa shape index (κ3) is 22.6. The van der Waals surface area contributed by atoms with Crippen LogP contribution in [-0.4, -0.2) is 33.5 Å². The second-order valence-electron chi connectivity index (χ2n) is 1.23. The molecule has 7 heteroatoms. The normalized spacial score (nSPS) is 6.25. The van der Waals surface area contributed by atoms with Crippen LogP contribution >= 0.6 is 0 Å². The van der Waals surface area contributed by atoms with E-state index < -0.39 is 12.2 Å². The molecule has 1 radical (unpaired) electrons. The van der Waals surface area contributed by atoms with Gasteiger partial charge in [0, 0.05) is 39.8 Å². The van der Waals surface area contributed by atoms with Crippen molar-refractivity contribution in [3.8, 4) is 0 Å². The maximum Gasteiger partial charge on any atom is 0.406 e. The molecule has 2 N–H and O–H groups in total. The number of hydrogen-bond donors (Lipinski definition) is 1. The molecule has 0 aromatic carbocycles. The van der Waals surface area contributed by atoms with Crippen LogP contribution in [0.3, 0.4) is 0 Å². The Bertz CT molecular complexity index is 125. The van der Waals surface area contributed by atoms with E-state index >= 15 is 0 Å². The Hall–Kier alpha value is -0.356. The minimum atomic E-state index is -0.995. The summed E-state index contributed by atoms with van der Waals surface area (Å²) in [5.74, 6) is 0. The van der Waals surface area contributed by atoms with Crippen LogP contribution in [-0.2, 0) is 42.2 Å². The minimum absolute atomic E-state index is 0. The summed E-state index contributed by atoms with van der Waals surface area (Å²) < 4.78 is 7.93. The van der Waals surface area contributed by atoms with Crippen molar-refractivity contribution in [2.75, 3.05) is 21.3 Å². The number of carbonyl (C=O) groups is 2. The van der Waals surface area contributed by atoms with Gasteiger partial charge < -0.3 is 20.5 Å². The molecule has 2 amide bonds. The molecule has 0 bridgehead atoms. The molecule has 0 aliphatic carbocycles. The van der Waals surface area contributed by atoms with E-state index in [0.717, 1.165) is 7.11 Å². The van der Waals surface area contributed by atoms with Crippen LogP contribution in [0.25, 0.3) is 5.73 Å². The van der Waals surface area contributed by atoms with Crippen LogP contribution in [0.1, 0.15) is 0 Å². The van der Waals surface area contributed by atoms with Gasteiger partial charge >= 0.3 is 6.09 Å². The Balaban J connectivity index is -0.000000126. The molecular formula is C5H11N2O4Y-. The molecule has 0 rings (SSSR count). The van der Waals surface area contributed by atoms with Gasteiger partial charge in [-0.2, -0.15) is 0 Å². The Kier molecular flexibility index (Phi) is 19.5. The Labute approximate surface area is 96.0 Å². The second-order valence-corrected chi connectivity index (χ2v) is 1.23. The average molecular weight is 252 g/mol. The largest absolute Gasteiger partial charge is 0.632 e. The van der Waals surface area contributed by atoms with E-state index in [9.17, 15) is 9.59 Å². The predicted molar refractivity (Wildman–Crippen MR) is 38.2 cm³/mol. The van der Waals surface area contributed by atoms with E-state index in [-0.39, 0.29) is 32.7 Å². The predicted octanol–water partition coefficient (Wildman–Crippen LogP) is 0.775. The molecule has 0 aromatic heterocycles. The van der Waals surface area contributed by atoms with Crippen molar-refractivity contribution < 1.29 is 51.8 Å². The van der Waals surface area contributed by atoms with Crippen LogP contribution in [0.15, 0.2) is 0 Å². The molecule has 0 heterocycles. The first-order valence-corrected chi connectivity index (χ1v) is 2.63. The standard InChI is InChI=1S/C3H7NO2.C2H5NO2.Y/c1-4-3(5)6-2;1-5-2(3)4;/h1-2H3,(H,4,5);1H3,(H2,3,4);/p-1. The quantitative estimate of drug-likeness (QED) is 0.689. The molecule has 69 valence electrons. The van der Waals surface area contributed by atoms with Crippen molar-refractivity contribution >= 4 is 12.2 Å². The number of rotatable bonds is 0. The summed E-state index contributed by atoms with van der Waals surface area (Å²) in [6.07, 6.45) is -1.40. The first-order chi connectivity index (χ1) is 5.08. The second kappa shape index (κ2) is 13.2. The molecule has 6 nitrogen and oxygen atoms in total. The zero-order valence-electron chi connectivity index (χ0n) is 7.21. The fourth-order valence-corrected chi connectivity index (χ4v) is 0.102. The minimum Gasteiger partial charge on any atom is -0.632 e. The molecule has 0 aliphatic heterocycles. The molecule has 12 heavy (non-hydrogen) atoms. The number of alkyl carbamates (subject to hydrolysis) is 1. The van der Waals surface area contributed by atoms with Crippen LogP contribution in [0.2, 0.25) is 0 Å². The topological polar surface area (TPSA) is 88.4 Å². The number of nitrogens with one attached hydrogen (secondary N) is 2. The van der Waals surface area contributed by atoms with Crippen molar-refractivity contribution in [3.05, 3.63) is 5.73 Å². The van der Waals surface area contributed by atoms with E-state index in [0.29, 0.717) is 0 Å². The Morgan fingerprint density at radius 1 is 1.25 bits per heavy atom. The van der Waals surface area contributed by atoms with E-state index in [2.05, 4.69) is 14.8 Å². The van der Waals surface area contributed by atoms with E-state index in [1.54, 1.807) is 0 Å². The molecule has 0 aromatic rings. The fraction of sp³-hybridized carbons (Fsp3) is 0.600. The van der Waals surface area contributed by atoms with Gasteiger partial charge in [-0.3, -0.25) is 4.79 Å². The zero-order valence-corrected chi connectivity index (χ0v) is 10.0. The van der Waals surface area contributed by atoms with Crippen LogP contribution in [0.4, 0.5) is 9.59 Å². The fourth-order valence-electron chi connectivity index (χ4n) is 0.102. The van der Waals surface area contributed by atoms with Gasteiger partial charge in [-0.05, 0) is 0 Å². The zero-order chi connectivity index (χ0) is 9.28. The summed E-state index contributed by atoms with van der Waals surface area (Å²) >= 11 is 0. The van der Waals surface area contributed by atoms with E-state index in [1.807, 2.05) is 0 Å². The molecule has 0 unspecified atom stereocenters. The van der Waals surface area contributed by atoms with Gasteiger partial charge in [-0.15, -0.1) is 0 Å². The number of carbonyl (C=O) groups excluding carboxylic acids is 2. The van der Waals surface area contributed by atoms with Crippen LogP contribution < -0.4 is 5.32 Å². The summed E-state index contributed by atoms with van der Waals surface area (Å²) in [4.78, 5) is 19.1. The first kappa shape index (κ1) is 17.7. The average Bonchev–Trinajstić information content (AvgIpc) is 2.04. The van der Waals surface area contributed by atoms with Crippen LogP contribution in [0.5, 0.6) is 0 Å². The van der Waals surface area contributed by atoms with Crippen molar-refractivity contribution in [1.29, 1.82) is 0 Å². The van der Waals surface area contributed by atoms with Crippen LogP contribution in [0, 0.1) is 0 Å². The molecule has 0 fully saturated rings. The van der Waals surface area contributed by atoms with Gasteiger partial charge in [0.25, 0.3) is 0 Å². The summed E-state index contributed by atoms with van der Waals surface area (Å²) in [5.41, 5.74) is 5.97. The molecule has 0 atom stereocenters. The Morgan fingerprint density at radius 3 is 1.58 bits per heavy atom. The van der Waals surface area contributed by atoms with Gasteiger partial charge in [-0.1, -0.05) is 0 Å². The van der Waals surface area contributed by atoms with Gasteiger partial charge in [-0.25, -0.2) is 4.79 Å². The molecule has 0 saturated heterocycles. The Morgan fingerprint density at radius 2 is 1.58 bits per heavy atom. The van der Waals surface area contributed by atoms with Gasteiger partial charge in [0.2, 0.25) is 6.09 Å². The summed E-state index contributed by atoms with van der Waals surface area (Å²) in [6, 6.07) is 0. The summed E-state index contributed by atoms with van der Waals surface area (Å²) in [6.45, 7) is 0. The maximum absolute atomic E-state index is 9.85. The number of amides is 2. The van der Waals surface area contributed by atoms with Gasteiger partial charge in [0.1, 0.15) is 0 Å². The summed E-state index contributed by atoms with van der Waals surface area (Å²) in [7, 11) is 3.99. The molecule has 0 aliphatic rings. The van der Waals surface area contributed by atoms with E-state index in [1.165, 1.54) is 14.2 Å². The number of ether oxygens (including phenoxy) is 2. The van der Waals surface area contributed by atoms with Crippen molar-refractivity contribution in [2.24, 2.45) is 0 Å². The molecule has 0 saturated carbocycles. The molecule has 0 spiro atoms. The van der Waals surface area contributed by atoms with Gasteiger partial charge in [0.15, 0.2) is 0 Å². The third-order valence-electron chi connectivity index (χ3n) is 0.575. The first-order valence-electron chi connectivity index (χ1n) is 2.63. The van der Waals surface area contributed by atoms with Crippen molar-refractivity contribution in [1.82, 2.24) is 5.32 Å². The van der Waals surface area contributed by atoms with Gasteiger partial charge in [0.05, 0.1) is 14.2 Å². The third-order valence-corrected chi connectivity index (χ3v) is 0.575. The van der Waals surface area contributed by atoms with E-state index in [4.69, 9.17) is 5.73 Å².